The van der Waals surface area contributed by atoms with E-state index in [1.165, 1.54) is 0 Å². The van der Waals surface area contributed by atoms with Gasteiger partial charge in [-0.2, -0.15) is 0 Å². The third-order valence-corrected chi connectivity index (χ3v) is 3.91. The number of carbonyl (C=O) groups excluding carboxylic acids is 1. The van der Waals surface area contributed by atoms with Gasteiger partial charge in [0, 0.05) is 11.4 Å². The van der Waals surface area contributed by atoms with Crippen LogP contribution < -0.4 is 16.8 Å². The van der Waals surface area contributed by atoms with Crippen LogP contribution in [0.1, 0.15) is 15.5 Å². The van der Waals surface area contributed by atoms with Gasteiger partial charge in [0.05, 0.1) is 27.8 Å². The van der Waals surface area contributed by atoms with Crippen LogP contribution in [0, 0.1) is 10.1 Å². The summed E-state index contributed by atoms with van der Waals surface area (Å²) in [7, 11) is 0. The molecular weight excluding hydrogens is 366 g/mol. The van der Waals surface area contributed by atoms with Gasteiger partial charge < -0.3 is 4.57 Å². The molecule has 0 fully saturated rings. The second-order valence-corrected chi connectivity index (χ2v) is 5.57. The van der Waals surface area contributed by atoms with Gasteiger partial charge in [-0.1, -0.05) is 0 Å². The van der Waals surface area contributed by atoms with Crippen molar-refractivity contribution in [3.8, 4) is 0 Å². The topological polar surface area (TPSA) is 133 Å². The van der Waals surface area contributed by atoms with E-state index in [1.54, 1.807) is 5.38 Å². The first-order chi connectivity index (χ1) is 9.92. The van der Waals surface area contributed by atoms with Crippen molar-refractivity contribution in [3.63, 3.8) is 0 Å². The van der Waals surface area contributed by atoms with Gasteiger partial charge in [0.15, 0.2) is 5.01 Å². The molecule has 21 heavy (non-hydrogen) atoms. The minimum Gasteiger partial charge on any atom is -0.302 e. The van der Waals surface area contributed by atoms with Crippen molar-refractivity contribution in [3.05, 3.63) is 53.3 Å². The molecule has 2 rings (SSSR count). The Kier molecular flexibility index (Phi) is 4.45. The lowest BCUT2D eigenvalue weighted by Gasteiger charge is -2.04. The number of carbonyl (C=O) groups is 1. The number of nitrogens with zero attached hydrogens (tertiary/aromatic N) is 3. The van der Waals surface area contributed by atoms with Crippen molar-refractivity contribution in [2.75, 3.05) is 0 Å². The predicted molar refractivity (Wildman–Crippen MR) is 77.9 cm³/mol. The Morgan fingerprint density at radius 3 is 2.95 bits per heavy atom. The Morgan fingerprint density at radius 1 is 1.62 bits per heavy atom. The highest BCUT2D eigenvalue weighted by molar-refractivity contribution is 9.10. The molecule has 0 saturated heterocycles. The summed E-state index contributed by atoms with van der Waals surface area (Å²) < 4.78 is 1.22. The standard InChI is InChI=1S/C10H8BrN5O4S/c11-7-1-6(16(19)20)3-15(10(7)18)2-5-4-21-9(13-5)8(17)14-12/h1,3-4H,2,12H2,(H,14,17). The average Bonchev–Trinajstić information content (AvgIpc) is 2.91. The lowest BCUT2D eigenvalue weighted by Crippen LogP contribution is -2.30. The fraction of sp³-hybridized carbons (Fsp3) is 0.100. The molecule has 110 valence electrons. The maximum absolute atomic E-state index is 11.9. The summed E-state index contributed by atoms with van der Waals surface area (Å²) in [6.07, 6.45) is 1.12. The predicted octanol–water partition coefficient (Wildman–Crippen LogP) is 0.627. The van der Waals surface area contributed by atoms with Crippen LogP contribution in [-0.2, 0) is 6.54 Å². The van der Waals surface area contributed by atoms with E-state index in [0.717, 1.165) is 28.2 Å². The Morgan fingerprint density at radius 2 is 2.33 bits per heavy atom. The summed E-state index contributed by atoms with van der Waals surface area (Å²) in [5.41, 5.74) is 1.71. The van der Waals surface area contributed by atoms with E-state index in [-0.39, 0.29) is 21.7 Å². The number of nitrogens with one attached hydrogen (secondary N) is 1. The highest BCUT2D eigenvalue weighted by Gasteiger charge is 2.14. The maximum atomic E-state index is 11.9. The highest BCUT2D eigenvalue weighted by Crippen LogP contribution is 2.16. The molecule has 2 heterocycles. The maximum Gasteiger partial charge on any atom is 0.294 e. The second kappa shape index (κ2) is 6.11. The summed E-state index contributed by atoms with van der Waals surface area (Å²) >= 11 is 4.04. The third kappa shape index (κ3) is 3.32. The van der Waals surface area contributed by atoms with Crippen LogP contribution in [0.2, 0.25) is 0 Å². The van der Waals surface area contributed by atoms with Gasteiger partial charge >= 0.3 is 0 Å². The molecule has 0 spiro atoms. The molecule has 0 bridgehead atoms. The summed E-state index contributed by atoms with van der Waals surface area (Å²) in [6, 6.07) is 1.13. The first-order valence-corrected chi connectivity index (χ1v) is 7.09. The van der Waals surface area contributed by atoms with E-state index in [2.05, 4.69) is 20.9 Å². The Balaban J connectivity index is 2.35. The van der Waals surface area contributed by atoms with Crippen molar-refractivity contribution in [1.29, 1.82) is 0 Å². The van der Waals surface area contributed by atoms with Gasteiger partial charge in [0.25, 0.3) is 17.2 Å². The number of hydrazine groups is 1. The minimum absolute atomic E-state index is 0.00741. The number of nitrogen functional groups attached to an aromatic ring is 1. The van der Waals surface area contributed by atoms with Crippen molar-refractivity contribution in [2.45, 2.75) is 6.54 Å². The molecule has 2 aromatic heterocycles. The average molecular weight is 374 g/mol. The Bertz CT molecular complexity index is 771. The number of nitrogens with two attached hydrogens (primary N) is 1. The molecule has 0 aliphatic rings. The van der Waals surface area contributed by atoms with Crippen molar-refractivity contribution < 1.29 is 9.72 Å². The summed E-state index contributed by atoms with van der Waals surface area (Å²) in [6.45, 7) is 0.00741. The van der Waals surface area contributed by atoms with Crippen LogP contribution in [0.15, 0.2) is 26.9 Å². The first kappa shape index (κ1) is 15.3. The smallest absolute Gasteiger partial charge is 0.294 e. The number of rotatable bonds is 4. The number of halogens is 1. The minimum atomic E-state index is -0.602. The number of hydrogen-bond donors (Lipinski definition) is 2. The van der Waals surface area contributed by atoms with Crippen molar-refractivity contribution in [2.24, 2.45) is 5.84 Å². The van der Waals surface area contributed by atoms with Gasteiger partial charge in [-0.3, -0.25) is 25.1 Å². The molecule has 0 saturated carbocycles. The number of aromatic nitrogens is 2. The zero-order valence-corrected chi connectivity index (χ0v) is 12.7. The van der Waals surface area contributed by atoms with Gasteiger partial charge in [0.1, 0.15) is 0 Å². The molecule has 2 aromatic rings. The van der Waals surface area contributed by atoms with E-state index < -0.39 is 16.4 Å². The SMILES string of the molecule is NNC(=O)c1nc(Cn2cc([N+](=O)[O-])cc(Br)c2=O)cs1. The van der Waals surface area contributed by atoms with E-state index in [1.807, 2.05) is 5.43 Å². The van der Waals surface area contributed by atoms with Gasteiger partial charge in [-0.05, 0) is 15.9 Å². The fourth-order valence-electron chi connectivity index (χ4n) is 1.52. The van der Waals surface area contributed by atoms with Crippen LogP contribution >= 0.6 is 27.3 Å². The normalized spacial score (nSPS) is 10.4. The van der Waals surface area contributed by atoms with E-state index in [0.29, 0.717) is 5.69 Å². The number of hydrogen-bond acceptors (Lipinski definition) is 7. The monoisotopic (exact) mass is 373 g/mol. The zero-order chi connectivity index (χ0) is 15.6. The molecule has 1 amide bonds. The van der Waals surface area contributed by atoms with Crippen LogP contribution in [0.5, 0.6) is 0 Å². The molecule has 0 aromatic carbocycles. The van der Waals surface area contributed by atoms with Crippen molar-refractivity contribution in [1.82, 2.24) is 15.0 Å². The number of amides is 1. The summed E-state index contributed by atoms with van der Waals surface area (Å²) in [5.74, 6) is 4.45. The largest absolute Gasteiger partial charge is 0.302 e. The molecule has 9 nitrogen and oxygen atoms in total. The number of pyridine rings is 1. The Labute approximate surface area is 129 Å². The van der Waals surface area contributed by atoms with Crippen LogP contribution in [-0.4, -0.2) is 20.4 Å². The van der Waals surface area contributed by atoms with Crippen LogP contribution in [0.4, 0.5) is 5.69 Å². The van der Waals surface area contributed by atoms with E-state index in [9.17, 15) is 19.7 Å². The lowest BCUT2D eigenvalue weighted by molar-refractivity contribution is -0.385. The van der Waals surface area contributed by atoms with Gasteiger partial charge in [0.2, 0.25) is 0 Å². The molecule has 11 heteroatoms. The molecular formula is C10H8BrN5O4S. The molecule has 0 atom stereocenters. The molecule has 0 aliphatic heterocycles. The number of nitro groups is 1. The molecule has 0 radical (unpaired) electrons. The number of thiazole rings is 1. The van der Waals surface area contributed by atoms with Gasteiger partial charge in [-0.15, -0.1) is 11.3 Å². The first-order valence-electron chi connectivity index (χ1n) is 5.42. The second-order valence-electron chi connectivity index (χ2n) is 3.85. The molecule has 0 unspecified atom stereocenters. The zero-order valence-electron chi connectivity index (χ0n) is 10.3. The van der Waals surface area contributed by atoms with E-state index >= 15 is 0 Å². The molecule has 3 N–H and O–H groups in total. The van der Waals surface area contributed by atoms with Gasteiger partial charge in [-0.25, -0.2) is 10.8 Å². The fourth-order valence-corrected chi connectivity index (χ4v) is 2.69. The summed E-state index contributed by atoms with van der Waals surface area (Å²) in [4.78, 5) is 37.4. The van der Waals surface area contributed by atoms with Crippen molar-refractivity contribution >= 4 is 38.9 Å². The Hall–Kier alpha value is -2.11. The van der Waals surface area contributed by atoms with E-state index in [4.69, 9.17) is 5.84 Å². The quantitative estimate of drug-likeness (QED) is 0.349. The third-order valence-electron chi connectivity index (χ3n) is 2.45. The lowest BCUT2D eigenvalue weighted by atomic mass is 10.4. The highest BCUT2D eigenvalue weighted by atomic mass is 79.9. The van der Waals surface area contributed by atoms with Crippen LogP contribution in [0.3, 0.4) is 0 Å². The molecule has 0 aliphatic carbocycles. The van der Waals surface area contributed by atoms with Crippen LogP contribution in [0.25, 0.3) is 0 Å². The summed E-state index contributed by atoms with van der Waals surface area (Å²) in [5, 5.41) is 12.5.